The van der Waals surface area contributed by atoms with Crippen molar-refractivity contribution >= 4 is 22.0 Å². The lowest BCUT2D eigenvalue weighted by Crippen LogP contribution is -2.56. The number of benzene rings is 1. The zero-order valence-corrected chi connectivity index (χ0v) is 20.1. The Morgan fingerprint density at radius 2 is 1.42 bits per heavy atom. The SMILES string of the molecule is O=C(NC1CCCCC1)N1CCN(C(=O)C2CCN(S(=O)(=O)Cc3ccccc3)CC2)CC1. The summed E-state index contributed by atoms with van der Waals surface area (Å²) in [5.41, 5.74) is 0.779. The first-order valence-electron chi connectivity index (χ1n) is 12.3. The summed E-state index contributed by atoms with van der Waals surface area (Å²) in [5, 5.41) is 3.15. The molecule has 2 heterocycles. The second-order valence-corrected chi connectivity index (χ2v) is 11.5. The molecule has 0 atom stereocenters. The van der Waals surface area contributed by atoms with E-state index < -0.39 is 10.0 Å². The Labute approximate surface area is 197 Å². The number of carbonyl (C=O) groups excluding carboxylic acids is 2. The molecule has 8 nitrogen and oxygen atoms in total. The van der Waals surface area contributed by atoms with Crippen molar-refractivity contribution in [1.29, 1.82) is 0 Å². The van der Waals surface area contributed by atoms with Gasteiger partial charge in [0.2, 0.25) is 15.9 Å². The number of hydrogen-bond donors (Lipinski definition) is 1. The quantitative estimate of drug-likeness (QED) is 0.707. The number of nitrogens with zero attached hydrogens (tertiary/aromatic N) is 3. The van der Waals surface area contributed by atoms with Crippen molar-refractivity contribution in [3.05, 3.63) is 35.9 Å². The van der Waals surface area contributed by atoms with E-state index in [9.17, 15) is 18.0 Å². The number of amides is 3. The van der Waals surface area contributed by atoms with Gasteiger partial charge in [0, 0.05) is 51.2 Å². The van der Waals surface area contributed by atoms with E-state index in [1.165, 1.54) is 23.6 Å². The highest BCUT2D eigenvalue weighted by Gasteiger charge is 2.34. The molecule has 0 bridgehead atoms. The number of urea groups is 1. The normalized spacial score (nSPS) is 21.7. The van der Waals surface area contributed by atoms with E-state index in [0.717, 1.165) is 18.4 Å². The molecule has 1 saturated carbocycles. The first kappa shape index (κ1) is 24.0. The third kappa shape index (κ3) is 6.26. The van der Waals surface area contributed by atoms with Crippen LogP contribution in [0.25, 0.3) is 0 Å². The van der Waals surface area contributed by atoms with E-state index in [1.807, 2.05) is 40.1 Å². The molecule has 1 aromatic rings. The van der Waals surface area contributed by atoms with Crippen LogP contribution in [-0.2, 0) is 20.6 Å². The summed E-state index contributed by atoms with van der Waals surface area (Å²) in [7, 11) is -3.38. The van der Waals surface area contributed by atoms with Crippen LogP contribution >= 0.6 is 0 Å². The highest BCUT2D eigenvalue weighted by Crippen LogP contribution is 2.24. The standard InChI is InChI=1S/C24H36N4O4S/c29-23(26-15-17-27(18-16-26)24(30)25-22-9-5-2-6-10-22)21-11-13-28(14-12-21)33(31,32)19-20-7-3-1-4-8-20/h1,3-4,7-8,21-22H,2,5-6,9-19H2,(H,25,30). The summed E-state index contributed by atoms with van der Waals surface area (Å²) >= 11 is 0. The highest BCUT2D eigenvalue weighted by molar-refractivity contribution is 7.88. The van der Waals surface area contributed by atoms with Gasteiger partial charge in [-0.15, -0.1) is 0 Å². The Morgan fingerprint density at radius 1 is 0.818 bits per heavy atom. The van der Waals surface area contributed by atoms with Gasteiger partial charge in [-0.2, -0.15) is 0 Å². The molecule has 33 heavy (non-hydrogen) atoms. The molecule has 1 aliphatic carbocycles. The smallest absolute Gasteiger partial charge is 0.317 e. The first-order valence-corrected chi connectivity index (χ1v) is 13.9. The first-order chi connectivity index (χ1) is 15.9. The maximum absolute atomic E-state index is 13.0. The Kier molecular flexibility index (Phi) is 7.90. The minimum atomic E-state index is -3.38. The lowest BCUT2D eigenvalue weighted by molar-refractivity contribution is -0.138. The Bertz CT molecular complexity index is 902. The predicted molar refractivity (Wildman–Crippen MR) is 127 cm³/mol. The van der Waals surface area contributed by atoms with Crippen LogP contribution in [0.3, 0.4) is 0 Å². The Balaban J connectivity index is 1.21. The number of nitrogens with one attached hydrogen (secondary N) is 1. The minimum Gasteiger partial charge on any atom is -0.339 e. The third-order valence-electron chi connectivity index (χ3n) is 7.20. The van der Waals surface area contributed by atoms with Crippen LogP contribution in [0.4, 0.5) is 4.79 Å². The fourth-order valence-electron chi connectivity index (χ4n) is 5.16. The van der Waals surface area contributed by atoms with Crippen LogP contribution in [0.1, 0.15) is 50.5 Å². The summed E-state index contributed by atoms with van der Waals surface area (Å²) in [6.45, 7) is 2.96. The Morgan fingerprint density at radius 3 is 2.06 bits per heavy atom. The highest BCUT2D eigenvalue weighted by atomic mass is 32.2. The molecule has 1 N–H and O–H groups in total. The van der Waals surface area contributed by atoms with Crippen molar-refractivity contribution in [3.8, 4) is 0 Å². The topological polar surface area (TPSA) is 90.0 Å². The lowest BCUT2D eigenvalue weighted by Gasteiger charge is -2.39. The second kappa shape index (κ2) is 10.9. The zero-order chi connectivity index (χ0) is 23.3. The van der Waals surface area contributed by atoms with E-state index in [-0.39, 0.29) is 29.7 Å². The molecular formula is C24H36N4O4S. The molecule has 9 heteroatoms. The van der Waals surface area contributed by atoms with Crippen molar-refractivity contribution in [2.75, 3.05) is 39.3 Å². The Hall–Kier alpha value is -2.13. The lowest BCUT2D eigenvalue weighted by atomic mass is 9.95. The largest absolute Gasteiger partial charge is 0.339 e. The third-order valence-corrected chi connectivity index (χ3v) is 9.05. The molecule has 0 unspecified atom stereocenters. The van der Waals surface area contributed by atoms with Gasteiger partial charge in [-0.05, 0) is 31.2 Å². The average Bonchev–Trinajstić information content (AvgIpc) is 2.85. The molecule has 4 rings (SSSR count). The van der Waals surface area contributed by atoms with E-state index in [0.29, 0.717) is 52.1 Å². The molecule has 1 aromatic carbocycles. The maximum Gasteiger partial charge on any atom is 0.317 e. The minimum absolute atomic E-state index is 0.00264. The fraction of sp³-hybridized carbons (Fsp3) is 0.667. The number of piperazine rings is 1. The molecule has 3 amide bonds. The van der Waals surface area contributed by atoms with E-state index in [2.05, 4.69) is 5.32 Å². The monoisotopic (exact) mass is 476 g/mol. The number of sulfonamides is 1. The molecular weight excluding hydrogens is 440 g/mol. The number of rotatable bonds is 5. The second-order valence-electron chi connectivity index (χ2n) is 9.51. The summed E-state index contributed by atoms with van der Waals surface area (Å²) < 4.78 is 27.1. The van der Waals surface area contributed by atoms with Gasteiger partial charge in [-0.1, -0.05) is 49.6 Å². The predicted octanol–water partition coefficient (Wildman–Crippen LogP) is 2.41. The van der Waals surface area contributed by atoms with Gasteiger partial charge in [0.25, 0.3) is 0 Å². The van der Waals surface area contributed by atoms with Crippen molar-refractivity contribution in [3.63, 3.8) is 0 Å². The molecule has 3 fully saturated rings. The molecule has 3 aliphatic rings. The molecule has 0 radical (unpaired) electrons. The fourth-order valence-corrected chi connectivity index (χ4v) is 6.72. The number of carbonyl (C=O) groups is 2. The maximum atomic E-state index is 13.0. The van der Waals surface area contributed by atoms with Crippen molar-refractivity contribution in [2.45, 2.75) is 56.7 Å². The summed E-state index contributed by atoms with van der Waals surface area (Å²) in [6.07, 6.45) is 6.84. The van der Waals surface area contributed by atoms with Crippen molar-refractivity contribution < 1.29 is 18.0 Å². The van der Waals surface area contributed by atoms with Gasteiger partial charge in [-0.3, -0.25) is 4.79 Å². The van der Waals surface area contributed by atoms with Gasteiger partial charge in [-0.25, -0.2) is 17.5 Å². The van der Waals surface area contributed by atoms with Crippen LogP contribution < -0.4 is 5.32 Å². The molecule has 182 valence electrons. The van der Waals surface area contributed by atoms with Crippen LogP contribution in [0.5, 0.6) is 0 Å². The van der Waals surface area contributed by atoms with Gasteiger partial charge < -0.3 is 15.1 Å². The molecule has 2 saturated heterocycles. The van der Waals surface area contributed by atoms with E-state index in [4.69, 9.17) is 0 Å². The van der Waals surface area contributed by atoms with Crippen LogP contribution in [0, 0.1) is 5.92 Å². The van der Waals surface area contributed by atoms with E-state index >= 15 is 0 Å². The average molecular weight is 477 g/mol. The van der Waals surface area contributed by atoms with Gasteiger partial charge in [0.05, 0.1) is 5.75 Å². The van der Waals surface area contributed by atoms with Gasteiger partial charge in [0.1, 0.15) is 0 Å². The summed E-state index contributed by atoms with van der Waals surface area (Å²) in [6, 6.07) is 9.48. The summed E-state index contributed by atoms with van der Waals surface area (Å²) in [4.78, 5) is 29.3. The molecule has 0 aromatic heterocycles. The van der Waals surface area contributed by atoms with Crippen molar-refractivity contribution in [1.82, 2.24) is 19.4 Å². The van der Waals surface area contributed by atoms with Crippen LogP contribution in [0.15, 0.2) is 30.3 Å². The van der Waals surface area contributed by atoms with E-state index in [1.54, 1.807) is 0 Å². The van der Waals surface area contributed by atoms with Crippen LogP contribution in [0.2, 0.25) is 0 Å². The number of piperidine rings is 1. The molecule has 2 aliphatic heterocycles. The zero-order valence-electron chi connectivity index (χ0n) is 19.3. The number of hydrogen-bond acceptors (Lipinski definition) is 4. The van der Waals surface area contributed by atoms with Gasteiger partial charge in [0.15, 0.2) is 0 Å². The van der Waals surface area contributed by atoms with Crippen molar-refractivity contribution in [2.24, 2.45) is 5.92 Å². The van der Waals surface area contributed by atoms with Gasteiger partial charge >= 0.3 is 6.03 Å². The summed E-state index contributed by atoms with van der Waals surface area (Å²) in [5.74, 6) is -0.0459. The molecule has 0 spiro atoms. The van der Waals surface area contributed by atoms with Crippen LogP contribution in [-0.4, -0.2) is 79.8 Å².